The summed E-state index contributed by atoms with van der Waals surface area (Å²) in [6.07, 6.45) is 3.57. The Labute approximate surface area is 105 Å². The largest absolute Gasteiger partial charge is 0.311 e. The van der Waals surface area contributed by atoms with E-state index in [2.05, 4.69) is 45.7 Å². The minimum atomic E-state index is 0.328. The molecule has 0 saturated heterocycles. The van der Waals surface area contributed by atoms with E-state index >= 15 is 0 Å². The summed E-state index contributed by atoms with van der Waals surface area (Å²) < 4.78 is 2.06. The van der Waals surface area contributed by atoms with E-state index < -0.39 is 0 Å². The highest BCUT2D eigenvalue weighted by molar-refractivity contribution is 5.91. The summed E-state index contributed by atoms with van der Waals surface area (Å²) in [6, 6.07) is 10.5. The average Bonchev–Trinajstić information content (AvgIpc) is 2.87. The SMILES string of the molecule is CC(C)n1cnnc1-c1cccc2cccnc12. The van der Waals surface area contributed by atoms with Gasteiger partial charge in [0.25, 0.3) is 0 Å². The molecule has 4 nitrogen and oxygen atoms in total. The smallest absolute Gasteiger partial charge is 0.166 e. The summed E-state index contributed by atoms with van der Waals surface area (Å²) in [5, 5.41) is 9.36. The zero-order valence-electron chi connectivity index (χ0n) is 10.4. The first-order chi connectivity index (χ1) is 8.77. The van der Waals surface area contributed by atoms with E-state index in [1.165, 1.54) is 0 Å². The van der Waals surface area contributed by atoms with E-state index in [1.807, 2.05) is 24.4 Å². The second kappa shape index (κ2) is 4.22. The normalized spacial score (nSPS) is 11.3. The predicted octanol–water partition coefficient (Wildman–Crippen LogP) is 3.07. The molecular weight excluding hydrogens is 224 g/mol. The van der Waals surface area contributed by atoms with Crippen LogP contribution in [0, 0.1) is 0 Å². The van der Waals surface area contributed by atoms with Crippen molar-refractivity contribution in [3.05, 3.63) is 42.9 Å². The molecule has 0 aliphatic carbocycles. The van der Waals surface area contributed by atoms with Gasteiger partial charge >= 0.3 is 0 Å². The van der Waals surface area contributed by atoms with Crippen LogP contribution in [0.25, 0.3) is 22.3 Å². The third-order valence-corrected chi connectivity index (χ3v) is 3.00. The van der Waals surface area contributed by atoms with Gasteiger partial charge in [-0.05, 0) is 26.0 Å². The van der Waals surface area contributed by atoms with Crippen LogP contribution in [0.1, 0.15) is 19.9 Å². The van der Waals surface area contributed by atoms with E-state index in [1.54, 1.807) is 6.33 Å². The molecule has 0 aliphatic heterocycles. The summed E-state index contributed by atoms with van der Waals surface area (Å²) >= 11 is 0. The quantitative estimate of drug-likeness (QED) is 0.689. The van der Waals surface area contributed by atoms with Gasteiger partial charge in [-0.3, -0.25) is 4.98 Å². The molecule has 0 fully saturated rings. The van der Waals surface area contributed by atoms with Crippen LogP contribution in [-0.2, 0) is 0 Å². The highest BCUT2D eigenvalue weighted by Crippen LogP contribution is 2.26. The minimum absolute atomic E-state index is 0.328. The van der Waals surface area contributed by atoms with Crippen molar-refractivity contribution >= 4 is 10.9 Å². The van der Waals surface area contributed by atoms with Crippen molar-refractivity contribution in [1.82, 2.24) is 19.7 Å². The van der Waals surface area contributed by atoms with Crippen LogP contribution in [0.15, 0.2) is 42.9 Å². The van der Waals surface area contributed by atoms with Crippen molar-refractivity contribution in [3.63, 3.8) is 0 Å². The number of hydrogen-bond donors (Lipinski definition) is 0. The Morgan fingerprint density at radius 3 is 2.78 bits per heavy atom. The Kier molecular flexibility index (Phi) is 2.55. The number of para-hydroxylation sites is 1. The molecule has 0 N–H and O–H groups in total. The van der Waals surface area contributed by atoms with Crippen LogP contribution in [0.2, 0.25) is 0 Å². The molecule has 18 heavy (non-hydrogen) atoms. The third-order valence-electron chi connectivity index (χ3n) is 3.00. The third kappa shape index (κ3) is 1.66. The maximum Gasteiger partial charge on any atom is 0.166 e. The second-order valence-corrected chi connectivity index (χ2v) is 4.54. The van der Waals surface area contributed by atoms with Gasteiger partial charge in [-0.2, -0.15) is 0 Å². The van der Waals surface area contributed by atoms with Crippen molar-refractivity contribution in [1.29, 1.82) is 0 Å². The Morgan fingerprint density at radius 1 is 1.11 bits per heavy atom. The van der Waals surface area contributed by atoms with Crippen molar-refractivity contribution in [3.8, 4) is 11.4 Å². The first-order valence-corrected chi connectivity index (χ1v) is 6.01. The molecule has 0 radical (unpaired) electrons. The lowest BCUT2D eigenvalue weighted by atomic mass is 10.1. The van der Waals surface area contributed by atoms with E-state index in [0.717, 1.165) is 22.3 Å². The molecule has 0 bridgehead atoms. The van der Waals surface area contributed by atoms with Gasteiger partial charge in [-0.25, -0.2) is 0 Å². The highest BCUT2D eigenvalue weighted by Gasteiger charge is 2.12. The average molecular weight is 238 g/mol. The fraction of sp³-hybridized carbons (Fsp3) is 0.214. The van der Waals surface area contributed by atoms with Crippen molar-refractivity contribution in [2.45, 2.75) is 19.9 Å². The molecular formula is C14H14N4. The Morgan fingerprint density at radius 2 is 1.94 bits per heavy atom. The number of rotatable bonds is 2. The number of aromatic nitrogens is 4. The fourth-order valence-electron chi connectivity index (χ4n) is 2.10. The molecule has 2 heterocycles. The van der Waals surface area contributed by atoms with Gasteiger partial charge in [-0.15, -0.1) is 10.2 Å². The molecule has 0 amide bonds. The molecule has 4 heteroatoms. The van der Waals surface area contributed by atoms with Gasteiger partial charge in [0.1, 0.15) is 6.33 Å². The molecule has 90 valence electrons. The van der Waals surface area contributed by atoms with E-state index in [0.29, 0.717) is 6.04 Å². The summed E-state index contributed by atoms with van der Waals surface area (Å²) in [7, 11) is 0. The highest BCUT2D eigenvalue weighted by atomic mass is 15.3. The zero-order valence-corrected chi connectivity index (χ0v) is 10.4. The summed E-state index contributed by atoms with van der Waals surface area (Å²) in [5.74, 6) is 0.870. The maximum atomic E-state index is 4.46. The van der Waals surface area contributed by atoms with E-state index in [-0.39, 0.29) is 0 Å². The lowest BCUT2D eigenvalue weighted by Gasteiger charge is -2.11. The van der Waals surface area contributed by atoms with Gasteiger partial charge in [0.15, 0.2) is 5.82 Å². The lowest BCUT2D eigenvalue weighted by molar-refractivity contribution is 0.604. The Hall–Kier alpha value is -2.23. The first kappa shape index (κ1) is 10.9. The first-order valence-electron chi connectivity index (χ1n) is 6.01. The van der Waals surface area contributed by atoms with Crippen molar-refractivity contribution in [2.75, 3.05) is 0 Å². The summed E-state index contributed by atoms with van der Waals surface area (Å²) in [6.45, 7) is 4.23. The van der Waals surface area contributed by atoms with Crippen molar-refractivity contribution in [2.24, 2.45) is 0 Å². The van der Waals surface area contributed by atoms with E-state index in [9.17, 15) is 0 Å². The van der Waals surface area contributed by atoms with Crippen LogP contribution in [0.4, 0.5) is 0 Å². The Bertz CT molecular complexity index is 680. The van der Waals surface area contributed by atoms with Crippen LogP contribution >= 0.6 is 0 Å². The topological polar surface area (TPSA) is 43.6 Å². The minimum Gasteiger partial charge on any atom is -0.311 e. The fourth-order valence-corrected chi connectivity index (χ4v) is 2.10. The molecule has 0 spiro atoms. The predicted molar refractivity (Wildman–Crippen MR) is 71.1 cm³/mol. The molecule has 0 saturated carbocycles. The van der Waals surface area contributed by atoms with Gasteiger partial charge < -0.3 is 4.57 Å². The maximum absolute atomic E-state index is 4.46. The van der Waals surface area contributed by atoms with Crippen LogP contribution in [-0.4, -0.2) is 19.7 Å². The molecule has 0 aliphatic rings. The summed E-state index contributed by atoms with van der Waals surface area (Å²) in [5.41, 5.74) is 1.99. The van der Waals surface area contributed by atoms with Crippen LogP contribution in [0.3, 0.4) is 0 Å². The number of hydrogen-bond acceptors (Lipinski definition) is 3. The number of pyridine rings is 1. The number of nitrogens with zero attached hydrogens (tertiary/aromatic N) is 4. The van der Waals surface area contributed by atoms with Crippen LogP contribution in [0.5, 0.6) is 0 Å². The van der Waals surface area contributed by atoms with Gasteiger partial charge in [-0.1, -0.05) is 18.2 Å². The monoisotopic (exact) mass is 238 g/mol. The Balaban J connectivity index is 2.28. The van der Waals surface area contributed by atoms with Crippen LogP contribution < -0.4 is 0 Å². The van der Waals surface area contributed by atoms with Gasteiger partial charge in [0, 0.05) is 23.2 Å². The molecule has 2 aromatic heterocycles. The molecule has 3 aromatic rings. The number of benzene rings is 1. The van der Waals surface area contributed by atoms with Gasteiger partial charge in [0.2, 0.25) is 0 Å². The molecule has 1 aromatic carbocycles. The van der Waals surface area contributed by atoms with Crippen molar-refractivity contribution < 1.29 is 0 Å². The standard InChI is InChI=1S/C14H14N4/c1-10(2)18-9-16-17-14(18)12-7-3-5-11-6-4-8-15-13(11)12/h3-10H,1-2H3. The molecule has 0 unspecified atom stereocenters. The zero-order chi connectivity index (χ0) is 12.5. The van der Waals surface area contributed by atoms with E-state index in [4.69, 9.17) is 0 Å². The summed E-state index contributed by atoms with van der Waals surface area (Å²) in [4.78, 5) is 4.46. The molecule has 3 rings (SSSR count). The van der Waals surface area contributed by atoms with Gasteiger partial charge in [0.05, 0.1) is 5.52 Å². The lowest BCUT2D eigenvalue weighted by Crippen LogP contribution is -2.02. The molecule has 0 atom stereocenters. The number of fused-ring (bicyclic) bond motifs is 1. The second-order valence-electron chi connectivity index (χ2n) is 4.54.